The predicted molar refractivity (Wildman–Crippen MR) is 107 cm³/mol. The van der Waals surface area contributed by atoms with E-state index in [4.69, 9.17) is 11.6 Å². The first kappa shape index (κ1) is 21.0. The molecule has 1 fully saturated rings. The van der Waals surface area contributed by atoms with E-state index in [1.165, 1.54) is 0 Å². The summed E-state index contributed by atoms with van der Waals surface area (Å²) in [6.07, 6.45) is 3.03. The fourth-order valence-electron chi connectivity index (χ4n) is 3.74. The number of hydrogen-bond acceptors (Lipinski definition) is 3. The van der Waals surface area contributed by atoms with Crippen molar-refractivity contribution in [1.82, 2.24) is 10.2 Å². The molecule has 2 atom stereocenters. The molecule has 0 aliphatic carbocycles. The molecule has 2 amide bonds. The van der Waals surface area contributed by atoms with Crippen molar-refractivity contribution in [3.63, 3.8) is 0 Å². The Labute approximate surface area is 166 Å². The molecule has 7 heteroatoms. The molecule has 144 valence electrons. The second-order valence-electron chi connectivity index (χ2n) is 7.29. The second-order valence-corrected chi connectivity index (χ2v) is 7.73. The molecule has 1 N–H and O–H groups in total. The Morgan fingerprint density at radius 1 is 1.35 bits per heavy atom. The number of nitrogens with zero attached hydrogens (tertiary/aromatic N) is 2. The van der Waals surface area contributed by atoms with Gasteiger partial charge in [0.05, 0.1) is 0 Å². The van der Waals surface area contributed by atoms with Gasteiger partial charge in [-0.05, 0) is 55.6 Å². The van der Waals surface area contributed by atoms with Crippen molar-refractivity contribution in [3.05, 3.63) is 28.8 Å². The molecule has 5 nitrogen and oxygen atoms in total. The van der Waals surface area contributed by atoms with Crippen LogP contribution in [0.15, 0.2) is 18.2 Å². The van der Waals surface area contributed by atoms with Gasteiger partial charge in [-0.15, -0.1) is 12.4 Å². The lowest BCUT2D eigenvalue weighted by molar-refractivity contribution is -0.129. The molecule has 2 aliphatic rings. The van der Waals surface area contributed by atoms with Crippen molar-refractivity contribution in [2.75, 3.05) is 38.6 Å². The SMILES string of the molecule is CN(C)C(=O)CC1CN(C(=O)CCC2CCNC2)c2ccc(Cl)cc21.Cl. The Balaban J connectivity index is 0.00000243. The van der Waals surface area contributed by atoms with E-state index >= 15 is 0 Å². The van der Waals surface area contributed by atoms with E-state index in [9.17, 15) is 9.59 Å². The highest BCUT2D eigenvalue weighted by atomic mass is 35.5. The van der Waals surface area contributed by atoms with Crippen LogP contribution in [0.5, 0.6) is 0 Å². The van der Waals surface area contributed by atoms with Gasteiger partial charge in [-0.3, -0.25) is 9.59 Å². The Bertz CT molecular complexity index is 660. The molecule has 1 saturated heterocycles. The summed E-state index contributed by atoms with van der Waals surface area (Å²) >= 11 is 6.16. The van der Waals surface area contributed by atoms with Crippen molar-refractivity contribution in [2.24, 2.45) is 5.92 Å². The van der Waals surface area contributed by atoms with Gasteiger partial charge in [0, 0.05) is 50.1 Å². The fourth-order valence-corrected chi connectivity index (χ4v) is 3.92. The smallest absolute Gasteiger partial charge is 0.227 e. The molecule has 2 heterocycles. The van der Waals surface area contributed by atoms with Crippen LogP contribution >= 0.6 is 24.0 Å². The number of benzene rings is 1. The van der Waals surface area contributed by atoms with Crippen LogP contribution in [0.4, 0.5) is 5.69 Å². The minimum atomic E-state index is 0. The van der Waals surface area contributed by atoms with Gasteiger partial charge in [0.2, 0.25) is 11.8 Å². The Morgan fingerprint density at radius 2 is 2.12 bits per heavy atom. The third-order valence-corrected chi connectivity index (χ3v) is 5.51. The van der Waals surface area contributed by atoms with Crippen LogP contribution in [0, 0.1) is 5.92 Å². The highest BCUT2D eigenvalue weighted by Crippen LogP contribution is 2.40. The number of carbonyl (C=O) groups is 2. The molecule has 1 aromatic rings. The van der Waals surface area contributed by atoms with Crippen LogP contribution in [0.25, 0.3) is 0 Å². The maximum Gasteiger partial charge on any atom is 0.227 e. The largest absolute Gasteiger partial charge is 0.349 e. The summed E-state index contributed by atoms with van der Waals surface area (Å²) < 4.78 is 0. The molecule has 2 aliphatic heterocycles. The van der Waals surface area contributed by atoms with Crippen LogP contribution in [-0.2, 0) is 9.59 Å². The van der Waals surface area contributed by atoms with E-state index < -0.39 is 0 Å². The van der Waals surface area contributed by atoms with E-state index in [2.05, 4.69) is 5.32 Å². The second kappa shape index (κ2) is 9.07. The minimum Gasteiger partial charge on any atom is -0.349 e. The number of anilines is 1. The number of halogens is 2. The molecule has 0 bridgehead atoms. The van der Waals surface area contributed by atoms with Crippen LogP contribution < -0.4 is 10.2 Å². The Kier molecular flexibility index (Phi) is 7.33. The number of amides is 2. The molecule has 1 aromatic carbocycles. The van der Waals surface area contributed by atoms with Crippen LogP contribution in [0.2, 0.25) is 5.02 Å². The summed E-state index contributed by atoms with van der Waals surface area (Å²) in [5.74, 6) is 0.834. The van der Waals surface area contributed by atoms with Crippen molar-refractivity contribution < 1.29 is 9.59 Å². The van der Waals surface area contributed by atoms with Gasteiger partial charge in [-0.1, -0.05) is 11.6 Å². The summed E-state index contributed by atoms with van der Waals surface area (Å²) in [4.78, 5) is 28.4. The molecular formula is C19H27Cl2N3O2. The summed E-state index contributed by atoms with van der Waals surface area (Å²) in [5.41, 5.74) is 1.93. The monoisotopic (exact) mass is 399 g/mol. The lowest BCUT2D eigenvalue weighted by Gasteiger charge is -2.19. The average molecular weight is 400 g/mol. The topological polar surface area (TPSA) is 52.7 Å². The zero-order valence-electron chi connectivity index (χ0n) is 15.3. The van der Waals surface area contributed by atoms with Crippen molar-refractivity contribution in [3.8, 4) is 0 Å². The first-order chi connectivity index (χ1) is 12.0. The van der Waals surface area contributed by atoms with E-state index in [0.717, 1.165) is 37.2 Å². The number of rotatable bonds is 5. The highest BCUT2D eigenvalue weighted by Gasteiger charge is 2.34. The predicted octanol–water partition coefficient (Wildman–Crippen LogP) is 3.06. The Morgan fingerprint density at radius 3 is 2.77 bits per heavy atom. The molecule has 2 unspecified atom stereocenters. The van der Waals surface area contributed by atoms with Gasteiger partial charge in [-0.2, -0.15) is 0 Å². The average Bonchev–Trinajstić information content (AvgIpc) is 3.20. The van der Waals surface area contributed by atoms with Crippen LogP contribution in [-0.4, -0.2) is 50.4 Å². The molecule has 3 rings (SSSR count). The summed E-state index contributed by atoms with van der Waals surface area (Å²) in [7, 11) is 3.52. The van der Waals surface area contributed by atoms with Crippen molar-refractivity contribution >= 4 is 41.5 Å². The zero-order valence-corrected chi connectivity index (χ0v) is 16.9. The maximum absolute atomic E-state index is 12.8. The lowest BCUT2D eigenvalue weighted by atomic mass is 9.97. The van der Waals surface area contributed by atoms with E-state index in [0.29, 0.717) is 30.3 Å². The lowest BCUT2D eigenvalue weighted by Crippen LogP contribution is -2.31. The highest BCUT2D eigenvalue weighted by molar-refractivity contribution is 6.30. The molecule has 0 spiro atoms. The van der Waals surface area contributed by atoms with Gasteiger partial charge in [0.1, 0.15) is 0 Å². The van der Waals surface area contributed by atoms with E-state index in [1.807, 2.05) is 23.1 Å². The third kappa shape index (κ3) is 4.70. The Hall–Kier alpha value is -1.30. The van der Waals surface area contributed by atoms with Gasteiger partial charge in [0.25, 0.3) is 0 Å². The van der Waals surface area contributed by atoms with Crippen LogP contribution in [0.1, 0.15) is 37.2 Å². The molecule has 0 aromatic heterocycles. The summed E-state index contributed by atoms with van der Waals surface area (Å²) in [6.45, 7) is 2.63. The van der Waals surface area contributed by atoms with Gasteiger partial charge in [-0.25, -0.2) is 0 Å². The van der Waals surface area contributed by atoms with Crippen molar-refractivity contribution in [2.45, 2.75) is 31.6 Å². The van der Waals surface area contributed by atoms with Gasteiger partial charge in [0.15, 0.2) is 0 Å². The zero-order chi connectivity index (χ0) is 18.0. The summed E-state index contributed by atoms with van der Waals surface area (Å²) in [6, 6.07) is 5.63. The normalized spacial score (nSPS) is 21.3. The fraction of sp³-hybridized carbons (Fsp3) is 0.579. The van der Waals surface area contributed by atoms with E-state index in [1.54, 1.807) is 19.0 Å². The minimum absolute atomic E-state index is 0. The van der Waals surface area contributed by atoms with Gasteiger partial charge >= 0.3 is 0 Å². The molecule has 0 saturated carbocycles. The summed E-state index contributed by atoms with van der Waals surface area (Å²) in [5, 5.41) is 3.99. The molecule has 0 radical (unpaired) electrons. The van der Waals surface area contributed by atoms with E-state index in [-0.39, 0.29) is 30.1 Å². The number of nitrogens with one attached hydrogen (secondary N) is 1. The molecule has 26 heavy (non-hydrogen) atoms. The first-order valence-corrected chi connectivity index (χ1v) is 9.34. The maximum atomic E-state index is 12.8. The first-order valence-electron chi connectivity index (χ1n) is 8.96. The number of hydrogen-bond donors (Lipinski definition) is 1. The number of fused-ring (bicyclic) bond motifs is 1. The van der Waals surface area contributed by atoms with Crippen LogP contribution in [0.3, 0.4) is 0 Å². The standard InChI is InChI=1S/C19H26ClN3O2.ClH/c1-22(2)19(25)9-14-12-23(17-5-4-15(20)10-16(14)17)18(24)6-3-13-7-8-21-11-13;/h4-5,10,13-14,21H,3,6-9,11-12H2,1-2H3;1H. The quantitative estimate of drug-likeness (QED) is 0.827. The van der Waals surface area contributed by atoms with Gasteiger partial charge < -0.3 is 15.1 Å². The van der Waals surface area contributed by atoms with Crippen molar-refractivity contribution in [1.29, 1.82) is 0 Å². The number of carbonyl (C=O) groups excluding carboxylic acids is 2. The third-order valence-electron chi connectivity index (χ3n) is 5.27. The molecular weight excluding hydrogens is 373 g/mol.